The van der Waals surface area contributed by atoms with Crippen molar-refractivity contribution in [2.24, 2.45) is 5.92 Å². The molecule has 0 spiro atoms. The van der Waals surface area contributed by atoms with E-state index in [4.69, 9.17) is 4.74 Å². The Morgan fingerprint density at radius 1 is 1.03 bits per heavy atom. The second kappa shape index (κ2) is 13.2. The summed E-state index contributed by atoms with van der Waals surface area (Å²) < 4.78 is 5.38. The van der Waals surface area contributed by atoms with Crippen LogP contribution in [-0.2, 0) is 11.2 Å². The second-order valence-corrected chi connectivity index (χ2v) is 10.0. The average Bonchev–Trinajstić information content (AvgIpc) is 3.45. The van der Waals surface area contributed by atoms with Gasteiger partial charge in [-0.15, -0.1) is 11.3 Å². The summed E-state index contributed by atoms with van der Waals surface area (Å²) >= 11 is 1.39. The maximum atomic E-state index is 13.2. The summed E-state index contributed by atoms with van der Waals surface area (Å²) in [4.78, 5) is 28.7. The van der Waals surface area contributed by atoms with Gasteiger partial charge in [0.25, 0.3) is 11.8 Å². The van der Waals surface area contributed by atoms with E-state index in [1.807, 2.05) is 30.5 Å². The number of amides is 2. The van der Waals surface area contributed by atoms with Crippen LogP contribution in [0.3, 0.4) is 0 Å². The van der Waals surface area contributed by atoms with Gasteiger partial charge in [-0.05, 0) is 73.7 Å². The van der Waals surface area contributed by atoms with E-state index >= 15 is 0 Å². The Bertz CT molecular complexity index is 1110. The Morgan fingerprint density at radius 2 is 1.83 bits per heavy atom. The first-order chi connectivity index (χ1) is 17.6. The summed E-state index contributed by atoms with van der Waals surface area (Å²) in [7, 11) is 0. The van der Waals surface area contributed by atoms with Crippen molar-refractivity contribution in [2.45, 2.75) is 32.6 Å². The fraction of sp³-hybridized carbons (Fsp3) is 0.379. The highest BCUT2D eigenvalue weighted by atomic mass is 32.1. The van der Waals surface area contributed by atoms with Crippen molar-refractivity contribution >= 4 is 34.5 Å². The lowest BCUT2D eigenvalue weighted by Crippen LogP contribution is -2.36. The van der Waals surface area contributed by atoms with Crippen molar-refractivity contribution in [3.05, 3.63) is 82.0 Å². The summed E-state index contributed by atoms with van der Waals surface area (Å²) in [6.07, 6.45) is 4.02. The van der Waals surface area contributed by atoms with Gasteiger partial charge in [0.15, 0.2) is 0 Å². The van der Waals surface area contributed by atoms with Crippen molar-refractivity contribution in [1.29, 1.82) is 0 Å². The normalized spacial score (nSPS) is 14.0. The highest BCUT2D eigenvalue weighted by Crippen LogP contribution is 2.30. The standard InChI is InChI=1S/C29H35N3O3S/c1-2-35-18-7-15-30-28(33)25-21-24(31-29(34)27-10-6-19-36-27)11-12-26(25)32-16-13-23(14-17-32)20-22-8-4-3-5-9-22/h3-6,8-12,19,21,23H,2,7,13-18,20H2,1H3,(H,30,33)(H,31,34). The Balaban J connectivity index is 1.45. The van der Waals surface area contributed by atoms with Gasteiger partial charge in [0.2, 0.25) is 0 Å². The molecule has 2 amide bonds. The predicted octanol–water partition coefficient (Wildman–Crippen LogP) is 5.62. The molecule has 2 aromatic carbocycles. The summed E-state index contributed by atoms with van der Waals surface area (Å²) in [5, 5.41) is 7.85. The molecular formula is C29H35N3O3S. The van der Waals surface area contributed by atoms with E-state index in [1.54, 1.807) is 12.1 Å². The number of benzene rings is 2. The molecule has 2 heterocycles. The predicted molar refractivity (Wildman–Crippen MR) is 147 cm³/mol. The Kier molecular flexibility index (Phi) is 9.53. The molecule has 0 aliphatic carbocycles. The highest BCUT2D eigenvalue weighted by molar-refractivity contribution is 7.12. The Morgan fingerprint density at radius 3 is 2.56 bits per heavy atom. The van der Waals surface area contributed by atoms with Crippen LogP contribution >= 0.6 is 11.3 Å². The van der Waals surface area contributed by atoms with Crippen LogP contribution < -0.4 is 15.5 Å². The quantitative estimate of drug-likeness (QED) is 0.332. The van der Waals surface area contributed by atoms with Gasteiger partial charge in [-0.3, -0.25) is 9.59 Å². The van der Waals surface area contributed by atoms with Gasteiger partial charge in [0.1, 0.15) is 0 Å². The number of nitrogens with zero attached hydrogens (tertiary/aromatic N) is 1. The minimum atomic E-state index is -0.164. The summed E-state index contributed by atoms with van der Waals surface area (Å²) in [6, 6.07) is 20.0. The maximum absolute atomic E-state index is 13.2. The molecule has 1 saturated heterocycles. The highest BCUT2D eigenvalue weighted by Gasteiger charge is 2.24. The molecule has 0 bridgehead atoms. The first-order valence-electron chi connectivity index (χ1n) is 12.8. The molecule has 36 heavy (non-hydrogen) atoms. The van der Waals surface area contributed by atoms with Gasteiger partial charge >= 0.3 is 0 Å². The lowest BCUT2D eigenvalue weighted by molar-refractivity contribution is 0.0943. The van der Waals surface area contributed by atoms with Crippen LogP contribution in [0.4, 0.5) is 11.4 Å². The van der Waals surface area contributed by atoms with Crippen molar-refractivity contribution < 1.29 is 14.3 Å². The molecule has 1 fully saturated rings. The summed E-state index contributed by atoms with van der Waals surface area (Å²) in [6.45, 7) is 5.61. The fourth-order valence-corrected chi connectivity index (χ4v) is 5.23. The van der Waals surface area contributed by atoms with Crippen LogP contribution in [0.2, 0.25) is 0 Å². The van der Waals surface area contributed by atoms with Crippen LogP contribution in [0.15, 0.2) is 66.0 Å². The molecule has 0 saturated carbocycles. The number of ether oxygens (including phenoxy) is 1. The molecule has 0 unspecified atom stereocenters. The zero-order valence-electron chi connectivity index (χ0n) is 20.9. The molecule has 4 rings (SSSR count). The molecule has 2 N–H and O–H groups in total. The molecule has 3 aromatic rings. The number of thiophene rings is 1. The zero-order valence-corrected chi connectivity index (χ0v) is 21.7. The number of hydrogen-bond donors (Lipinski definition) is 2. The van der Waals surface area contributed by atoms with E-state index in [-0.39, 0.29) is 11.8 Å². The molecular weight excluding hydrogens is 470 g/mol. The minimum Gasteiger partial charge on any atom is -0.382 e. The molecule has 0 atom stereocenters. The lowest BCUT2D eigenvalue weighted by atomic mass is 9.89. The number of piperidine rings is 1. The van der Waals surface area contributed by atoms with Crippen molar-refractivity contribution in [2.75, 3.05) is 43.1 Å². The number of rotatable bonds is 11. The zero-order chi connectivity index (χ0) is 25.2. The van der Waals surface area contributed by atoms with Gasteiger partial charge in [0, 0.05) is 44.2 Å². The van der Waals surface area contributed by atoms with E-state index in [2.05, 4.69) is 45.9 Å². The van der Waals surface area contributed by atoms with E-state index in [0.29, 0.717) is 41.8 Å². The Labute approximate surface area is 217 Å². The van der Waals surface area contributed by atoms with E-state index in [0.717, 1.165) is 44.5 Å². The van der Waals surface area contributed by atoms with Gasteiger partial charge in [-0.25, -0.2) is 0 Å². The maximum Gasteiger partial charge on any atom is 0.265 e. The lowest BCUT2D eigenvalue weighted by Gasteiger charge is -2.35. The third-order valence-corrected chi connectivity index (χ3v) is 7.39. The fourth-order valence-electron chi connectivity index (χ4n) is 4.61. The molecule has 7 heteroatoms. The molecule has 1 aliphatic heterocycles. The Hall–Kier alpha value is -3.16. The van der Waals surface area contributed by atoms with Gasteiger partial charge in [-0.2, -0.15) is 0 Å². The van der Waals surface area contributed by atoms with E-state index in [9.17, 15) is 9.59 Å². The third kappa shape index (κ3) is 7.18. The van der Waals surface area contributed by atoms with Crippen molar-refractivity contribution in [1.82, 2.24) is 5.32 Å². The largest absolute Gasteiger partial charge is 0.382 e. The molecule has 0 radical (unpaired) electrons. The van der Waals surface area contributed by atoms with Gasteiger partial charge in [0.05, 0.1) is 10.4 Å². The smallest absolute Gasteiger partial charge is 0.265 e. The van der Waals surface area contributed by atoms with E-state index < -0.39 is 0 Å². The number of anilines is 2. The van der Waals surface area contributed by atoms with Crippen molar-refractivity contribution in [3.63, 3.8) is 0 Å². The van der Waals surface area contributed by atoms with Gasteiger partial charge < -0.3 is 20.3 Å². The summed E-state index contributed by atoms with van der Waals surface area (Å²) in [5.41, 5.74) is 3.52. The monoisotopic (exact) mass is 505 g/mol. The number of carbonyl (C=O) groups excluding carboxylic acids is 2. The van der Waals surface area contributed by atoms with Gasteiger partial charge in [-0.1, -0.05) is 36.4 Å². The summed E-state index contributed by atoms with van der Waals surface area (Å²) in [5.74, 6) is 0.353. The van der Waals surface area contributed by atoms with Crippen LogP contribution in [0.25, 0.3) is 0 Å². The van der Waals surface area contributed by atoms with Crippen LogP contribution in [0.1, 0.15) is 51.8 Å². The molecule has 1 aliphatic rings. The number of carbonyl (C=O) groups is 2. The van der Waals surface area contributed by atoms with E-state index in [1.165, 1.54) is 16.9 Å². The van der Waals surface area contributed by atoms with Crippen LogP contribution in [0, 0.1) is 5.92 Å². The third-order valence-electron chi connectivity index (χ3n) is 6.52. The second-order valence-electron chi connectivity index (χ2n) is 9.09. The number of hydrogen-bond acceptors (Lipinski definition) is 5. The van der Waals surface area contributed by atoms with Crippen LogP contribution in [-0.4, -0.2) is 44.7 Å². The SMILES string of the molecule is CCOCCCNC(=O)c1cc(NC(=O)c2cccs2)ccc1N1CCC(Cc2ccccc2)CC1. The topological polar surface area (TPSA) is 70.7 Å². The first-order valence-corrected chi connectivity index (χ1v) is 13.7. The molecule has 1 aromatic heterocycles. The first kappa shape index (κ1) is 25.9. The molecule has 6 nitrogen and oxygen atoms in total. The molecule has 190 valence electrons. The number of nitrogens with one attached hydrogen (secondary N) is 2. The van der Waals surface area contributed by atoms with Crippen molar-refractivity contribution in [3.8, 4) is 0 Å². The minimum absolute atomic E-state index is 0.125. The average molecular weight is 506 g/mol. The van der Waals surface area contributed by atoms with Crippen LogP contribution in [0.5, 0.6) is 0 Å².